The molecular formula is C16H27N3O. The van der Waals surface area contributed by atoms with Crippen LogP contribution >= 0.6 is 0 Å². The van der Waals surface area contributed by atoms with E-state index in [1.54, 1.807) is 0 Å². The summed E-state index contributed by atoms with van der Waals surface area (Å²) in [6, 6.07) is 8.41. The van der Waals surface area contributed by atoms with Crippen LogP contribution in [0.15, 0.2) is 29.4 Å². The van der Waals surface area contributed by atoms with Crippen LogP contribution in [0.4, 0.5) is 5.69 Å². The summed E-state index contributed by atoms with van der Waals surface area (Å²) in [6.07, 6.45) is 4.07. The molecule has 1 aromatic rings. The van der Waals surface area contributed by atoms with Gasteiger partial charge in [-0.05, 0) is 30.9 Å². The zero-order chi connectivity index (χ0) is 15.0. The van der Waals surface area contributed by atoms with Crippen LogP contribution in [0.2, 0.25) is 0 Å². The van der Waals surface area contributed by atoms with Crippen LogP contribution in [0.25, 0.3) is 0 Å². The first kappa shape index (κ1) is 16.3. The number of nitrogens with two attached hydrogens (primary N) is 1. The molecule has 0 aliphatic heterocycles. The van der Waals surface area contributed by atoms with E-state index in [2.05, 4.69) is 41.7 Å². The number of amidine groups is 1. The molecule has 4 N–H and O–H groups in total. The van der Waals surface area contributed by atoms with Gasteiger partial charge in [-0.15, -0.1) is 0 Å². The van der Waals surface area contributed by atoms with Crippen molar-refractivity contribution in [3.05, 3.63) is 29.8 Å². The van der Waals surface area contributed by atoms with E-state index in [1.165, 1.54) is 11.3 Å². The number of aryl methyl sites for hydroxylation is 1. The number of para-hydroxylation sites is 1. The third-order valence-electron chi connectivity index (χ3n) is 3.74. The maximum Gasteiger partial charge on any atom is 0.144 e. The molecule has 0 amide bonds. The molecule has 0 atom stereocenters. The Kier molecular flexibility index (Phi) is 6.36. The Bertz CT molecular complexity index is 441. The third-order valence-corrected chi connectivity index (χ3v) is 3.74. The molecule has 4 nitrogen and oxygen atoms in total. The number of nitrogens with one attached hydrogen (secondary N) is 1. The predicted octanol–water partition coefficient (Wildman–Crippen LogP) is 3.60. The molecule has 0 unspecified atom stereocenters. The fourth-order valence-corrected chi connectivity index (χ4v) is 2.18. The Morgan fingerprint density at radius 1 is 1.30 bits per heavy atom. The lowest BCUT2D eigenvalue weighted by Gasteiger charge is -2.22. The van der Waals surface area contributed by atoms with E-state index in [4.69, 9.17) is 10.9 Å². The van der Waals surface area contributed by atoms with Crippen LogP contribution in [-0.4, -0.2) is 17.6 Å². The largest absolute Gasteiger partial charge is 0.409 e. The lowest BCUT2D eigenvalue weighted by atomic mass is 9.86. The Morgan fingerprint density at radius 3 is 2.65 bits per heavy atom. The quantitative estimate of drug-likeness (QED) is 0.223. The van der Waals surface area contributed by atoms with Gasteiger partial charge in [-0.2, -0.15) is 0 Å². The predicted molar refractivity (Wildman–Crippen MR) is 85.4 cm³/mol. The summed E-state index contributed by atoms with van der Waals surface area (Å²) in [5, 5.41) is 15.3. The second-order valence-electron chi connectivity index (χ2n) is 5.76. The number of rotatable bonds is 8. The van der Waals surface area contributed by atoms with E-state index >= 15 is 0 Å². The van der Waals surface area contributed by atoms with Gasteiger partial charge in [0, 0.05) is 17.6 Å². The van der Waals surface area contributed by atoms with Crippen LogP contribution in [0.1, 0.15) is 45.6 Å². The van der Waals surface area contributed by atoms with Gasteiger partial charge in [0.1, 0.15) is 5.84 Å². The topological polar surface area (TPSA) is 70.6 Å². The van der Waals surface area contributed by atoms with Crippen molar-refractivity contribution in [3.8, 4) is 0 Å². The van der Waals surface area contributed by atoms with Gasteiger partial charge in [0.05, 0.1) is 0 Å². The van der Waals surface area contributed by atoms with Gasteiger partial charge < -0.3 is 16.3 Å². The molecule has 0 bridgehead atoms. The number of hydrogen-bond donors (Lipinski definition) is 3. The molecule has 1 aromatic carbocycles. The van der Waals surface area contributed by atoms with E-state index in [1.807, 2.05) is 13.8 Å². The average Bonchev–Trinajstić information content (AvgIpc) is 2.46. The Hall–Kier alpha value is -1.71. The molecule has 1 rings (SSSR count). The zero-order valence-electron chi connectivity index (χ0n) is 12.8. The van der Waals surface area contributed by atoms with Crippen LogP contribution in [0.5, 0.6) is 0 Å². The number of oxime groups is 1. The van der Waals surface area contributed by atoms with Crippen molar-refractivity contribution >= 4 is 11.5 Å². The molecule has 0 aromatic heterocycles. The minimum Gasteiger partial charge on any atom is -0.409 e. The highest BCUT2D eigenvalue weighted by Crippen LogP contribution is 2.23. The monoisotopic (exact) mass is 277 g/mol. The highest BCUT2D eigenvalue weighted by molar-refractivity contribution is 5.85. The zero-order valence-corrected chi connectivity index (χ0v) is 12.8. The van der Waals surface area contributed by atoms with Crippen LogP contribution in [-0.2, 0) is 6.42 Å². The molecule has 0 radical (unpaired) electrons. The second kappa shape index (κ2) is 7.78. The van der Waals surface area contributed by atoms with Crippen LogP contribution in [0, 0.1) is 5.41 Å². The summed E-state index contributed by atoms with van der Waals surface area (Å²) in [7, 11) is 0. The summed E-state index contributed by atoms with van der Waals surface area (Å²) in [5.74, 6) is 0.307. The SMILES string of the molecule is CCc1ccccc1NCCCCC(C)(C)/C(N)=N/O. The first-order chi connectivity index (χ1) is 9.51. The van der Waals surface area contributed by atoms with Crippen molar-refractivity contribution in [3.63, 3.8) is 0 Å². The van der Waals surface area contributed by atoms with Gasteiger partial charge in [0.15, 0.2) is 0 Å². The molecule has 20 heavy (non-hydrogen) atoms. The number of hydrogen-bond acceptors (Lipinski definition) is 3. The van der Waals surface area contributed by atoms with Gasteiger partial charge in [-0.25, -0.2) is 0 Å². The smallest absolute Gasteiger partial charge is 0.144 e. The van der Waals surface area contributed by atoms with Gasteiger partial charge in [0.25, 0.3) is 0 Å². The van der Waals surface area contributed by atoms with Gasteiger partial charge in [0.2, 0.25) is 0 Å². The van der Waals surface area contributed by atoms with E-state index in [0.717, 1.165) is 32.2 Å². The summed E-state index contributed by atoms with van der Waals surface area (Å²) in [6.45, 7) is 7.12. The molecule has 0 saturated carbocycles. The summed E-state index contributed by atoms with van der Waals surface area (Å²) < 4.78 is 0. The van der Waals surface area contributed by atoms with Crippen molar-refractivity contribution in [1.29, 1.82) is 0 Å². The summed E-state index contributed by atoms with van der Waals surface area (Å²) in [4.78, 5) is 0. The highest BCUT2D eigenvalue weighted by atomic mass is 16.4. The van der Waals surface area contributed by atoms with Crippen molar-refractivity contribution in [2.45, 2.75) is 46.5 Å². The van der Waals surface area contributed by atoms with Crippen molar-refractivity contribution < 1.29 is 5.21 Å². The lowest BCUT2D eigenvalue weighted by molar-refractivity contribution is 0.304. The standard InChI is InChI=1S/C16H27N3O/c1-4-13-9-5-6-10-14(13)18-12-8-7-11-16(2,3)15(17)19-20/h5-6,9-10,18,20H,4,7-8,11-12H2,1-3H3,(H2,17,19). The minimum atomic E-state index is -0.240. The van der Waals surface area contributed by atoms with Gasteiger partial charge in [-0.3, -0.25) is 0 Å². The molecular weight excluding hydrogens is 250 g/mol. The van der Waals surface area contributed by atoms with Crippen molar-refractivity contribution in [2.75, 3.05) is 11.9 Å². The summed E-state index contributed by atoms with van der Waals surface area (Å²) >= 11 is 0. The molecule has 0 aliphatic carbocycles. The number of benzene rings is 1. The van der Waals surface area contributed by atoms with Gasteiger partial charge >= 0.3 is 0 Å². The van der Waals surface area contributed by atoms with Crippen LogP contribution < -0.4 is 11.1 Å². The second-order valence-corrected chi connectivity index (χ2v) is 5.76. The maximum atomic E-state index is 8.73. The maximum absolute atomic E-state index is 8.73. The Balaban J connectivity index is 2.32. The average molecular weight is 277 g/mol. The molecule has 4 heteroatoms. The Labute approximate surface area is 122 Å². The molecule has 0 saturated heterocycles. The number of anilines is 1. The molecule has 0 heterocycles. The first-order valence-electron chi connectivity index (χ1n) is 7.31. The van der Waals surface area contributed by atoms with Crippen molar-refractivity contribution in [1.82, 2.24) is 0 Å². The fraction of sp³-hybridized carbons (Fsp3) is 0.562. The van der Waals surface area contributed by atoms with E-state index in [9.17, 15) is 0 Å². The molecule has 112 valence electrons. The molecule has 0 spiro atoms. The normalized spacial score (nSPS) is 12.4. The van der Waals surface area contributed by atoms with Gasteiger partial charge in [-0.1, -0.05) is 50.5 Å². The number of nitrogens with zero attached hydrogens (tertiary/aromatic N) is 1. The lowest BCUT2D eigenvalue weighted by Crippen LogP contribution is -2.31. The fourth-order valence-electron chi connectivity index (χ4n) is 2.18. The van der Waals surface area contributed by atoms with E-state index < -0.39 is 0 Å². The molecule has 0 fully saturated rings. The molecule has 0 aliphatic rings. The van der Waals surface area contributed by atoms with Crippen molar-refractivity contribution in [2.24, 2.45) is 16.3 Å². The highest BCUT2D eigenvalue weighted by Gasteiger charge is 2.22. The number of unbranched alkanes of at least 4 members (excludes halogenated alkanes) is 1. The van der Waals surface area contributed by atoms with Crippen LogP contribution in [0.3, 0.4) is 0 Å². The van der Waals surface area contributed by atoms with E-state index in [0.29, 0.717) is 5.84 Å². The van der Waals surface area contributed by atoms with E-state index in [-0.39, 0.29) is 5.41 Å². The Morgan fingerprint density at radius 2 is 2.00 bits per heavy atom. The third kappa shape index (κ3) is 4.76. The first-order valence-corrected chi connectivity index (χ1v) is 7.31. The minimum absolute atomic E-state index is 0.240. The summed E-state index contributed by atoms with van der Waals surface area (Å²) in [5.41, 5.74) is 8.02.